The molecule has 0 aromatic carbocycles. The molecule has 0 rings (SSSR count). The average molecular weight is 246 g/mol. The van der Waals surface area contributed by atoms with Crippen molar-refractivity contribution in [2.24, 2.45) is 0 Å². The third kappa shape index (κ3) is 6.61. The Hall–Kier alpha value is 0.558. The van der Waals surface area contributed by atoms with Gasteiger partial charge in [0.2, 0.25) is 0 Å². The summed E-state index contributed by atoms with van der Waals surface area (Å²) in [6.45, 7) is 14.5. The minimum atomic E-state index is 0.177. The minimum absolute atomic E-state index is 0.177. The second-order valence-corrected chi connectivity index (χ2v) is 11.6. The summed E-state index contributed by atoms with van der Waals surface area (Å²) in [4.78, 5) is 0. The standard InChI is InChI=1S/C12H27As/c1-7-9-11(3,4)13-12(5,6)10-8-2/h13H,7-10H2,1-6H3. The molecule has 0 saturated carbocycles. The molecule has 0 bridgehead atoms. The molecule has 80 valence electrons. The summed E-state index contributed by atoms with van der Waals surface area (Å²) >= 11 is 0.177. The normalized spacial score (nSPS) is 13.4. The summed E-state index contributed by atoms with van der Waals surface area (Å²) in [5, 5.41) is 0. The molecule has 0 aliphatic carbocycles. The number of hydrogen-bond donors (Lipinski definition) is 0. The van der Waals surface area contributed by atoms with Crippen LogP contribution in [0, 0.1) is 0 Å². The average Bonchev–Trinajstić information content (AvgIpc) is 1.82. The molecule has 0 aromatic heterocycles. The Morgan fingerprint density at radius 2 is 1.08 bits per heavy atom. The van der Waals surface area contributed by atoms with Crippen molar-refractivity contribution >= 4 is 15.8 Å². The third-order valence-corrected chi connectivity index (χ3v) is 6.32. The molecule has 0 nitrogen and oxygen atoms in total. The molecule has 0 atom stereocenters. The van der Waals surface area contributed by atoms with Crippen LogP contribution in [0.15, 0.2) is 0 Å². The van der Waals surface area contributed by atoms with Gasteiger partial charge in [0.05, 0.1) is 0 Å². The van der Waals surface area contributed by atoms with E-state index in [0.717, 1.165) is 0 Å². The molecular weight excluding hydrogens is 219 g/mol. The van der Waals surface area contributed by atoms with Gasteiger partial charge in [-0.05, 0) is 0 Å². The third-order valence-electron chi connectivity index (χ3n) is 2.43. The summed E-state index contributed by atoms with van der Waals surface area (Å²) in [6, 6.07) is 0. The molecular formula is C12H27As. The van der Waals surface area contributed by atoms with Gasteiger partial charge in [0, 0.05) is 0 Å². The first-order chi connectivity index (χ1) is 5.83. The molecule has 0 unspecified atom stereocenters. The van der Waals surface area contributed by atoms with Crippen molar-refractivity contribution < 1.29 is 0 Å². The van der Waals surface area contributed by atoms with Crippen molar-refractivity contribution in [2.45, 2.75) is 75.6 Å². The summed E-state index contributed by atoms with van der Waals surface area (Å²) in [5.41, 5.74) is 0. The Kier molecular flexibility index (Phi) is 5.68. The molecule has 0 amide bonds. The van der Waals surface area contributed by atoms with Gasteiger partial charge in [-0.2, -0.15) is 0 Å². The van der Waals surface area contributed by atoms with E-state index >= 15 is 0 Å². The predicted octanol–water partition coefficient (Wildman–Crippen LogP) is 4.42. The van der Waals surface area contributed by atoms with E-state index in [9.17, 15) is 0 Å². The first kappa shape index (κ1) is 13.6. The van der Waals surface area contributed by atoms with Crippen LogP contribution in [-0.2, 0) is 0 Å². The van der Waals surface area contributed by atoms with Gasteiger partial charge < -0.3 is 0 Å². The Bertz CT molecular complexity index is 120. The monoisotopic (exact) mass is 246 g/mol. The van der Waals surface area contributed by atoms with E-state index in [1.807, 2.05) is 0 Å². The first-order valence-corrected chi connectivity index (χ1v) is 7.72. The number of hydrogen-bond acceptors (Lipinski definition) is 0. The van der Waals surface area contributed by atoms with E-state index in [1.54, 1.807) is 0 Å². The summed E-state index contributed by atoms with van der Waals surface area (Å²) < 4.78 is 1.32. The zero-order valence-electron chi connectivity index (χ0n) is 10.3. The van der Waals surface area contributed by atoms with Crippen LogP contribution in [-0.4, -0.2) is 15.8 Å². The quantitative estimate of drug-likeness (QED) is 0.608. The van der Waals surface area contributed by atoms with Gasteiger partial charge in [0.25, 0.3) is 0 Å². The van der Waals surface area contributed by atoms with Gasteiger partial charge in [0.1, 0.15) is 0 Å². The maximum atomic E-state index is 2.47. The van der Waals surface area contributed by atoms with Gasteiger partial charge >= 0.3 is 91.4 Å². The Morgan fingerprint density at radius 3 is 1.31 bits per heavy atom. The fourth-order valence-corrected chi connectivity index (χ4v) is 7.71. The van der Waals surface area contributed by atoms with E-state index in [-0.39, 0.29) is 15.8 Å². The van der Waals surface area contributed by atoms with Crippen LogP contribution < -0.4 is 0 Å². The molecule has 0 aliphatic heterocycles. The SMILES string of the molecule is CCCC(C)(C)[AsH]C(C)(C)CCC. The predicted molar refractivity (Wildman–Crippen MR) is 65.0 cm³/mol. The van der Waals surface area contributed by atoms with Crippen molar-refractivity contribution in [1.82, 2.24) is 0 Å². The van der Waals surface area contributed by atoms with Crippen molar-refractivity contribution in [3.8, 4) is 0 Å². The van der Waals surface area contributed by atoms with Crippen LogP contribution in [0.5, 0.6) is 0 Å². The topological polar surface area (TPSA) is 0 Å². The molecule has 0 spiro atoms. The van der Waals surface area contributed by atoms with Crippen LogP contribution in [0.3, 0.4) is 0 Å². The van der Waals surface area contributed by atoms with E-state index in [0.29, 0.717) is 8.41 Å². The van der Waals surface area contributed by atoms with E-state index in [2.05, 4.69) is 41.5 Å². The summed E-state index contributed by atoms with van der Waals surface area (Å²) in [7, 11) is 0. The fourth-order valence-electron chi connectivity index (χ4n) is 2.29. The van der Waals surface area contributed by atoms with Crippen molar-refractivity contribution in [2.75, 3.05) is 0 Å². The molecule has 0 N–H and O–H groups in total. The van der Waals surface area contributed by atoms with Gasteiger partial charge in [-0.15, -0.1) is 0 Å². The van der Waals surface area contributed by atoms with Gasteiger partial charge in [-0.25, -0.2) is 0 Å². The van der Waals surface area contributed by atoms with Crippen molar-refractivity contribution in [3.05, 3.63) is 0 Å². The van der Waals surface area contributed by atoms with Crippen LogP contribution in [0.25, 0.3) is 0 Å². The molecule has 0 heterocycles. The zero-order valence-corrected chi connectivity index (χ0v) is 12.4. The first-order valence-electron chi connectivity index (χ1n) is 5.62. The molecule has 13 heavy (non-hydrogen) atoms. The molecule has 0 radical (unpaired) electrons. The van der Waals surface area contributed by atoms with Crippen LogP contribution >= 0.6 is 0 Å². The summed E-state index contributed by atoms with van der Waals surface area (Å²) in [6.07, 6.45) is 5.53. The maximum absolute atomic E-state index is 2.47. The van der Waals surface area contributed by atoms with Crippen molar-refractivity contribution in [3.63, 3.8) is 0 Å². The molecule has 0 saturated heterocycles. The van der Waals surface area contributed by atoms with Crippen molar-refractivity contribution in [1.29, 1.82) is 0 Å². The zero-order chi connectivity index (χ0) is 10.5. The van der Waals surface area contributed by atoms with Crippen LogP contribution in [0.1, 0.15) is 67.2 Å². The molecule has 0 aliphatic rings. The Morgan fingerprint density at radius 1 is 0.769 bits per heavy atom. The molecule has 0 fully saturated rings. The van der Waals surface area contributed by atoms with Gasteiger partial charge in [-0.3, -0.25) is 0 Å². The molecule has 1 heteroatoms. The second-order valence-electron chi connectivity index (χ2n) is 5.39. The Labute approximate surface area is 91.6 Å². The van der Waals surface area contributed by atoms with E-state index < -0.39 is 0 Å². The fraction of sp³-hybridized carbons (Fsp3) is 1.00. The molecule has 0 aromatic rings. The van der Waals surface area contributed by atoms with Gasteiger partial charge in [0.15, 0.2) is 0 Å². The van der Waals surface area contributed by atoms with Crippen LogP contribution in [0.2, 0.25) is 8.41 Å². The summed E-state index contributed by atoms with van der Waals surface area (Å²) in [5.74, 6) is 0. The van der Waals surface area contributed by atoms with E-state index in [1.165, 1.54) is 25.7 Å². The van der Waals surface area contributed by atoms with Crippen LogP contribution in [0.4, 0.5) is 0 Å². The number of rotatable bonds is 6. The van der Waals surface area contributed by atoms with E-state index in [4.69, 9.17) is 0 Å². The Balaban J connectivity index is 4.07. The van der Waals surface area contributed by atoms with Gasteiger partial charge in [-0.1, -0.05) is 0 Å². The second kappa shape index (κ2) is 5.44.